The number of aliphatic carboxylic acids is 1. The number of ether oxygens (including phenoxy) is 2. The van der Waals surface area contributed by atoms with E-state index in [0.717, 1.165) is 12.8 Å². The molecule has 0 aromatic rings. The molecule has 20 heavy (non-hydrogen) atoms. The Labute approximate surface area is 118 Å². The number of carboxylic acids is 1. The lowest BCUT2D eigenvalue weighted by Gasteiger charge is -2.33. The van der Waals surface area contributed by atoms with Crippen molar-refractivity contribution in [1.29, 1.82) is 0 Å². The van der Waals surface area contributed by atoms with Crippen LogP contribution in [-0.4, -0.2) is 37.2 Å². The second-order valence-corrected chi connectivity index (χ2v) is 5.14. The molecule has 0 spiro atoms. The maximum atomic E-state index is 11.9. The average molecular weight is 286 g/mol. The van der Waals surface area contributed by atoms with Crippen molar-refractivity contribution in [1.82, 2.24) is 0 Å². The molecule has 1 aliphatic carbocycles. The molecule has 0 aromatic carbocycles. The van der Waals surface area contributed by atoms with Gasteiger partial charge in [0.05, 0.1) is 26.1 Å². The zero-order chi connectivity index (χ0) is 15.1. The van der Waals surface area contributed by atoms with Gasteiger partial charge in [-0.3, -0.25) is 14.4 Å². The van der Waals surface area contributed by atoms with Gasteiger partial charge in [-0.1, -0.05) is 12.8 Å². The highest BCUT2D eigenvalue weighted by Crippen LogP contribution is 2.38. The standard InChI is InChI=1S/C14H22O6/c1-19-12(15)8-7-11(14(18)20-2)9-5-3-4-6-10(9)13(16)17/h9-11H,3-8H2,1-2H3,(H,16,17). The molecule has 0 saturated heterocycles. The lowest BCUT2D eigenvalue weighted by molar-refractivity contribution is -0.154. The van der Waals surface area contributed by atoms with E-state index in [-0.39, 0.29) is 18.8 Å². The van der Waals surface area contributed by atoms with Crippen molar-refractivity contribution in [3.05, 3.63) is 0 Å². The number of hydrogen-bond acceptors (Lipinski definition) is 5. The van der Waals surface area contributed by atoms with Crippen molar-refractivity contribution in [2.45, 2.75) is 38.5 Å². The summed E-state index contributed by atoms with van der Waals surface area (Å²) >= 11 is 0. The number of rotatable bonds is 6. The van der Waals surface area contributed by atoms with Crippen LogP contribution in [0.3, 0.4) is 0 Å². The van der Waals surface area contributed by atoms with Crippen LogP contribution < -0.4 is 0 Å². The van der Waals surface area contributed by atoms with Gasteiger partial charge in [0.1, 0.15) is 0 Å². The Morgan fingerprint density at radius 3 is 2.35 bits per heavy atom. The molecule has 6 heteroatoms. The molecular formula is C14H22O6. The normalized spacial score (nSPS) is 23.7. The lowest BCUT2D eigenvalue weighted by Crippen LogP contribution is -2.36. The summed E-state index contributed by atoms with van der Waals surface area (Å²) in [7, 11) is 2.57. The smallest absolute Gasteiger partial charge is 0.308 e. The van der Waals surface area contributed by atoms with Crippen LogP contribution in [0.5, 0.6) is 0 Å². The number of hydrogen-bond donors (Lipinski definition) is 1. The summed E-state index contributed by atoms with van der Waals surface area (Å²) in [5.41, 5.74) is 0. The Morgan fingerprint density at radius 1 is 1.15 bits per heavy atom. The number of carbonyl (C=O) groups is 3. The Hall–Kier alpha value is -1.59. The fraction of sp³-hybridized carbons (Fsp3) is 0.786. The quantitative estimate of drug-likeness (QED) is 0.746. The van der Waals surface area contributed by atoms with Gasteiger partial charge in [-0.15, -0.1) is 0 Å². The van der Waals surface area contributed by atoms with Gasteiger partial charge in [-0.25, -0.2) is 0 Å². The van der Waals surface area contributed by atoms with Crippen molar-refractivity contribution in [2.24, 2.45) is 17.8 Å². The van der Waals surface area contributed by atoms with E-state index in [4.69, 9.17) is 4.74 Å². The highest BCUT2D eigenvalue weighted by atomic mass is 16.5. The first-order chi connectivity index (χ1) is 9.51. The van der Waals surface area contributed by atoms with Crippen LogP contribution in [0.1, 0.15) is 38.5 Å². The fourth-order valence-electron chi connectivity index (χ4n) is 2.98. The minimum absolute atomic E-state index is 0.0963. The van der Waals surface area contributed by atoms with E-state index in [1.165, 1.54) is 14.2 Å². The second kappa shape index (κ2) is 7.87. The number of carboxylic acid groups (broad SMARTS) is 1. The first kappa shape index (κ1) is 16.5. The van der Waals surface area contributed by atoms with E-state index in [9.17, 15) is 19.5 Å². The van der Waals surface area contributed by atoms with E-state index in [0.29, 0.717) is 12.8 Å². The average Bonchev–Trinajstić information content (AvgIpc) is 2.47. The van der Waals surface area contributed by atoms with Gasteiger partial charge in [0.15, 0.2) is 0 Å². The first-order valence-corrected chi connectivity index (χ1v) is 6.88. The van der Waals surface area contributed by atoms with Crippen LogP contribution in [0.2, 0.25) is 0 Å². The molecular weight excluding hydrogens is 264 g/mol. The topological polar surface area (TPSA) is 89.9 Å². The van der Waals surface area contributed by atoms with Crippen LogP contribution in [0.15, 0.2) is 0 Å². The predicted molar refractivity (Wildman–Crippen MR) is 69.8 cm³/mol. The van der Waals surface area contributed by atoms with Gasteiger partial charge < -0.3 is 14.6 Å². The van der Waals surface area contributed by atoms with Gasteiger partial charge >= 0.3 is 17.9 Å². The summed E-state index contributed by atoms with van der Waals surface area (Å²) in [4.78, 5) is 34.5. The van der Waals surface area contributed by atoms with Crippen LogP contribution >= 0.6 is 0 Å². The molecule has 1 N–H and O–H groups in total. The Bertz CT molecular complexity index is 365. The predicted octanol–water partition coefficient (Wildman–Crippen LogP) is 1.62. The molecule has 0 aromatic heterocycles. The fourth-order valence-corrected chi connectivity index (χ4v) is 2.98. The molecule has 3 atom stereocenters. The third-order valence-electron chi connectivity index (χ3n) is 4.04. The van der Waals surface area contributed by atoms with Crippen molar-refractivity contribution in [2.75, 3.05) is 14.2 Å². The first-order valence-electron chi connectivity index (χ1n) is 6.88. The number of carbonyl (C=O) groups excluding carboxylic acids is 2. The Morgan fingerprint density at radius 2 is 1.80 bits per heavy atom. The summed E-state index contributed by atoms with van der Waals surface area (Å²) in [6.07, 6.45) is 3.38. The van der Waals surface area contributed by atoms with E-state index < -0.39 is 29.7 Å². The zero-order valence-electron chi connectivity index (χ0n) is 12.0. The van der Waals surface area contributed by atoms with Crippen LogP contribution in [0.4, 0.5) is 0 Å². The number of esters is 2. The molecule has 0 aliphatic heterocycles. The molecule has 1 rings (SSSR count). The van der Waals surface area contributed by atoms with Crippen molar-refractivity contribution in [3.8, 4) is 0 Å². The van der Waals surface area contributed by atoms with E-state index in [2.05, 4.69) is 4.74 Å². The van der Waals surface area contributed by atoms with Gasteiger partial charge in [0.25, 0.3) is 0 Å². The van der Waals surface area contributed by atoms with E-state index >= 15 is 0 Å². The molecule has 0 bridgehead atoms. The van der Waals surface area contributed by atoms with Gasteiger partial charge in [-0.05, 0) is 25.2 Å². The molecule has 0 amide bonds. The highest BCUT2D eigenvalue weighted by Gasteiger charge is 2.40. The zero-order valence-corrected chi connectivity index (χ0v) is 12.0. The third kappa shape index (κ3) is 4.21. The molecule has 1 saturated carbocycles. The molecule has 6 nitrogen and oxygen atoms in total. The maximum absolute atomic E-state index is 11.9. The van der Waals surface area contributed by atoms with E-state index in [1.54, 1.807) is 0 Å². The van der Waals surface area contributed by atoms with E-state index in [1.807, 2.05) is 0 Å². The molecule has 114 valence electrons. The summed E-state index contributed by atoms with van der Waals surface area (Å²) in [5.74, 6) is -3.07. The summed E-state index contributed by atoms with van der Waals surface area (Å²) in [6, 6.07) is 0. The molecule has 0 heterocycles. The van der Waals surface area contributed by atoms with Gasteiger partial charge in [0.2, 0.25) is 0 Å². The maximum Gasteiger partial charge on any atom is 0.308 e. The van der Waals surface area contributed by atoms with Crippen molar-refractivity contribution >= 4 is 17.9 Å². The summed E-state index contributed by atoms with van der Waals surface area (Å²) < 4.78 is 9.34. The minimum Gasteiger partial charge on any atom is -0.481 e. The number of methoxy groups -OCH3 is 2. The van der Waals surface area contributed by atoms with Gasteiger partial charge in [0, 0.05) is 6.42 Å². The highest BCUT2D eigenvalue weighted by molar-refractivity contribution is 5.77. The SMILES string of the molecule is COC(=O)CCC(C(=O)OC)C1CCCCC1C(=O)O. The Balaban J connectivity index is 2.81. The minimum atomic E-state index is -0.873. The van der Waals surface area contributed by atoms with Crippen molar-refractivity contribution in [3.63, 3.8) is 0 Å². The molecule has 1 aliphatic rings. The Kier molecular flexibility index (Phi) is 6.48. The second-order valence-electron chi connectivity index (χ2n) is 5.14. The molecule has 0 radical (unpaired) electrons. The summed E-state index contributed by atoms with van der Waals surface area (Å²) in [5, 5.41) is 9.29. The molecule has 1 fully saturated rings. The summed E-state index contributed by atoms with van der Waals surface area (Å²) in [6.45, 7) is 0. The van der Waals surface area contributed by atoms with Crippen molar-refractivity contribution < 1.29 is 29.0 Å². The van der Waals surface area contributed by atoms with Gasteiger partial charge in [-0.2, -0.15) is 0 Å². The monoisotopic (exact) mass is 286 g/mol. The molecule has 3 unspecified atom stereocenters. The third-order valence-corrected chi connectivity index (χ3v) is 4.04. The van der Waals surface area contributed by atoms with Crippen LogP contribution in [0, 0.1) is 17.8 Å². The lowest BCUT2D eigenvalue weighted by atomic mass is 9.71. The van der Waals surface area contributed by atoms with Crippen LogP contribution in [-0.2, 0) is 23.9 Å². The van der Waals surface area contributed by atoms with Crippen LogP contribution in [0.25, 0.3) is 0 Å². The largest absolute Gasteiger partial charge is 0.481 e.